The number of thiophene rings is 1. The van der Waals surface area contributed by atoms with Crippen LogP contribution in [0.3, 0.4) is 0 Å². The fourth-order valence-corrected chi connectivity index (χ4v) is 11.5. The van der Waals surface area contributed by atoms with Crippen molar-refractivity contribution in [3.63, 3.8) is 0 Å². The van der Waals surface area contributed by atoms with Gasteiger partial charge in [0.25, 0.3) is 0 Å². The second kappa shape index (κ2) is 14.9. The third kappa shape index (κ3) is 5.96. The lowest BCUT2D eigenvalue weighted by Gasteiger charge is -2.31. The van der Waals surface area contributed by atoms with Gasteiger partial charge in [-0.2, -0.15) is 0 Å². The predicted molar refractivity (Wildman–Crippen MR) is 255 cm³/mol. The van der Waals surface area contributed by atoms with Gasteiger partial charge in [-0.25, -0.2) is 4.39 Å². The van der Waals surface area contributed by atoms with E-state index in [0.717, 1.165) is 74.1 Å². The summed E-state index contributed by atoms with van der Waals surface area (Å²) in [5.41, 5.74) is 16.9. The Kier molecular flexibility index (Phi) is 9.05. The van der Waals surface area contributed by atoms with E-state index >= 15 is 0 Å². The lowest BCUT2D eigenvalue weighted by Crippen LogP contribution is -2.22. The van der Waals surface area contributed by atoms with Gasteiger partial charge in [0, 0.05) is 54.0 Å². The van der Waals surface area contributed by atoms with E-state index in [-0.39, 0.29) is 11.2 Å². The number of halogens is 1. The van der Waals surface area contributed by atoms with E-state index in [9.17, 15) is 4.39 Å². The van der Waals surface area contributed by atoms with Gasteiger partial charge in [0.1, 0.15) is 17.0 Å². The fourth-order valence-electron chi connectivity index (χ4n) is 9.82. The van der Waals surface area contributed by atoms with Crippen molar-refractivity contribution in [3.8, 4) is 54.9 Å². The van der Waals surface area contributed by atoms with Gasteiger partial charge in [0.2, 0.25) is 0 Å². The summed E-state index contributed by atoms with van der Waals surface area (Å²) >= 11 is 1.97. The fraction of sp³-hybridized carbons (Fsp3) is 0.0877. The number of fused-ring (bicyclic) bond motifs is 6. The second-order valence-electron chi connectivity index (χ2n) is 15.9. The quantitative estimate of drug-likeness (QED) is 0.144. The Balaban J connectivity index is 1.14. The zero-order chi connectivity index (χ0) is 41.1. The van der Waals surface area contributed by atoms with Gasteiger partial charge in [0.15, 0.2) is 0 Å². The SMILES string of the molecule is CCC1(CC)c2cccc(N(c3ccc(-c4ccc(F)cc4)cc3)c3ccc(-c4cccc5oc6ccccc6c45)cc3)c2-c2c1sc(-c1ccccc1)c2-c1ccccc1. The number of para-hydroxylation sites is 1. The zero-order valence-electron chi connectivity index (χ0n) is 34.0. The summed E-state index contributed by atoms with van der Waals surface area (Å²) in [5.74, 6) is -0.238. The first-order valence-electron chi connectivity index (χ1n) is 21.1. The van der Waals surface area contributed by atoms with Crippen LogP contribution in [0.1, 0.15) is 37.1 Å². The van der Waals surface area contributed by atoms with Gasteiger partial charge in [-0.15, -0.1) is 11.3 Å². The van der Waals surface area contributed by atoms with Crippen LogP contribution < -0.4 is 4.90 Å². The van der Waals surface area contributed by atoms with Crippen molar-refractivity contribution < 1.29 is 8.81 Å². The molecule has 0 N–H and O–H groups in total. The molecule has 2 heterocycles. The van der Waals surface area contributed by atoms with Crippen LogP contribution in [0.2, 0.25) is 0 Å². The summed E-state index contributed by atoms with van der Waals surface area (Å²) in [6.07, 6.45) is 1.98. The average Bonchev–Trinajstić information content (AvgIpc) is 3.99. The standard InChI is InChI=1S/C57H42FNOS/c1-3-57(4-2)47-21-14-22-48(53(47)54-51(40-15-7-5-8-16-40)55(61-56(54)57)41-17-9-6-10-18-41)59(43-33-27-38(28-34-43)37-25-31-42(58)32-26-37)44-35-29-39(30-36-44)45-20-13-24-50-52(45)46-19-11-12-23-49(46)60-50/h5-36H,3-4H2,1-2H3. The summed E-state index contributed by atoms with van der Waals surface area (Å²) in [7, 11) is 0. The summed E-state index contributed by atoms with van der Waals surface area (Å²) in [5, 5.41) is 2.24. The number of anilines is 3. The maximum atomic E-state index is 14.0. The van der Waals surface area contributed by atoms with E-state index in [4.69, 9.17) is 4.42 Å². The number of nitrogens with zero attached hydrogens (tertiary/aromatic N) is 1. The second-order valence-corrected chi connectivity index (χ2v) is 17.0. The lowest BCUT2D eigenvalue weighted by molar-refractivity contribution is 0.499. The molecule has 1 aliphatic carbocycles. The average molecular weight is 808 g/mol. The highest BCUT2D eigenvalue weighted by Crippen LogP contribution is 2.64. The first-order chi connectivity index (χ1) is 30.1. The molecule has 294 valence electrons. The highest BCUT2D eigenvalue weighted by Gasteiger charge is 2.46. The number of hydrogen-bond acceptors (Lipinski definition) is 3. The smallest absolute Gasteiger partial charge is 0.136 e. The van der Waals surface area contributed by atoms with Crippen molar-refractivity contribution in [1.82, 2.24) is 0 Å². The number of hydrogen-bond donors (Lipinski definition) is 0. The van der Waals surface area contributed by atoms with Gasteiger partial charge in [-0.1, -0.05) is 153 Å². The minimum absolute atomic E-state index is 0.143. The largest absolute Gasteiger partial charge is 0.456 e. The van der Waals surface area contributed by atoms with E-state index in [1.807, 2.05) is 35.6 Å². The Morgan fingerprint density at radius 3 is 1.74 bits per heavy atom. The molecule has 8 aromatic carbocycles. The van der Waals surface area contributed by atoms with Gasteiger partial charge in [0.05, 0.1) is 5.69 Å². The van der Waals surface area contributed by atoms with Crippen LogP contribution in [0.15, 0.2) is 199 Å². The molecular formula is C57H42FNOS. The molecule has 0 radical (unpaired) electrons. The van der Waals surface area contributed by atoms with E-state index in [1.54, 1.807) is 0 Å². The van der Waals surface area contributed by atoms with Crippen LogP contribution in [0.4, 0.5) is 21.5 Å². The first-order valence-corrected chi connectivity index (χ1v) is 22.0. The minimum Gasteiger partial charge on any atom is -0.456 e. The van der Waals surface area contributed by atoms with Gasteiger partial charge in [-0.05, 0) is 106 Å². The van der Waals surface area contributed by atoms with E-state index < -0.39 is 0 Å². The summed E-state index contributed by atoms with van der Waals surface area (Å²) in [4.78, 5) is 5.19. The maximum Gasteiger partial charge on any atom is 0.136 e. The molecule has 0 unspecified atom stereocenters. The molecule has 0 bridgehead atoms. The van der Waals surface area contributed by atoms with Crippen molar-refractivity contribution in [3.05, 3.63) is 210 Å². The van der Waals surface area contributed by atoms with Gasteiger partial charge >= 0.3 is 0 Å². The van der Waals surface area contributed by atoms with Crippen molar-refractivity contribution in [2.75, 3.05) is 4.90 Å². The molecule has 0 saturated carbocycles. The van der Waals surface area contributed by atoms with Gasteiger partial charge < -0.3 is 9.32 Å². The number of benzene rings is 8. The molecule has 0 spiro atoms. The van der Waals surface area contributed by atoms with Crippen LogP contribution in [0.5, 0.6) is 0 Å². The molecule has 2 aromatic heterocycles. The molecule has 0 atom stereocenters. The van der Waals surface area contributed by atoms with Crippen molar-refractivity contribution in [2.45, 2.75) is 32.1 Å². The summed E-state index contributed by atoms with van der Waals surface area (Å²) in [6, 6.07) is 67.9. The van der Waals surface area contributed by atoms with E-state index in [0.29, 0.717) is 0 Å². The van der Waals surface area contributed by atoms with Crippen LogP contribution in [-0.4, -0.2) is 0 Å². The normalized spacial score (nSPS) is 12.8. The molecule has 0 fully saturated rings. The molecule has 0 saturated heterocycles. The Morgan fingerprint density at radius 2 is 1.07 bits per heavy atom. The molecule has 0 aliphatic heterocycles. The van der Waals surface area contributed by atoms with Crippen molar-refractivity contribution in [1.29, 1.82) is 0 Å². The van der Waals surface area contributed by atoms with Crippen molar-refractivity contribution in [2.24, 2.45) is 0 Å². The predicted octanol–water partition coefficient (Wildman–Crippen LogP) is 17.0. The van der Waals surface area contributed by atoms with Crippen LogP contribution >= 0.6 is 11.3 Å². The molecule has 61 heavy (non-hydrogen) atoms. The maximum absolute atomic E-state index is 14.0. The Hall–Kier alpha value is -7.01. The Bertz CT molecular complexity index is 3200. The molecule has 4 heteroatoms. The minimum atomic E-state index is -0.238. The number of furan rings is 1. The van der Waals surface area contributed by atoms with Gasteiger partial charge in [-0.3, -0.25) is 0 Å². The van der Waals surface area contributed by atoms with E-state index in [1.165, 1.54) is 55.3 Å². The molecule has 10 aromatic rings. The zero-order valence-corrected chi connectivity index (χ0v) is 34.8. The van der Waals surface area contributed by atoms with E-state index in [2.05, 4.69) is 176 Å². The molecule has 1 aliphatic rings. The first kappa shape index (κ1) is 37.0. The third-order valence-electron chi connectivity index (χ3n) is 12.8. The third-order valence-corrected chi connectivity index (χ3v) is 14.3. The topological polar surface area (TPSA) is 16.4 Å². The molecule has 11 rings (SSSR count). The summed E-state index contributed by atoms with van der Waals surface area (Å²) in [6.45, 7) is 4.71. The highest BCUT2D eigenvalue weighted by molar-refractivity contribution is 7.17. The molecular weight excluding hydrogens is 766 g/mol. The van der Waals surface area contributed by atoms with Crippen LogP contribution in [0.25, 0.3) is 76.9 Å². The van der Waals surface area contributed by atoms with Crippen LogP contribution in [0, 0.1) is 5.82 Å². The lowest BCUT2D eigenvalue weighted by atomic mass is 9.77. The Labute approximate surface area is 359 Å². The monoisotopic (exact) mass is 807 g/mol. The summed E-state index contributed by atoms with van der Waals surface area (Å²) < 4.78 is 20.3. The van der Waals surface area contributed by atoms with Crippen LogP contribution in [-0.2, 0) is 5.41 Å². The molecule has 0 amide bonds. The Morgan fingerprint density at radius 1 is 0.492 bits per heavy atom. The van der Waals surface area contributed by atoms with Crippen molar-refractivity contribution >= 4 is 50.3 Å². The molecule has 2 nitrogen and oxygen atoms in total. The highest BCUT2D eigenvalue weighted by atomic mass is 32.1. The number of rotatable bonds is 9.